The molecule has 0 unspecified atom stereocenters. The smallest absolute Gasteiger partial charge is 0.194 e. The minimum Gasteiger partial charge on any atom is -0.496 e. The van der Waals surface area contributed by atoms with Gasteiger partial charge < -0.3 is 24.4 Å². The maximum absolute atomic E-state index is 5.82. The zero-order valence-corrected chi connectivity index (χ0v) is 18.1. The van der Waals surface area contributed by atoms with Crippen LogP contribution in [0.4, 0.5) is 0 Å². The average molecular weight is 407 g/mol. The molecule has 7 nitrogen and oxygen atoms in total. The van der Waals surface area contributed by atoms with Gasteiger partial charge in [0.1, 0.15) is 17.2 Å². The highest BCUT2D eigenvalue weighted by molar-refractivity contribution is 7.09. The largest absolute Gasteiger partial charge is 0.496 e. The lowest BCUT2D eigenvalue weighted by Gasteiger charge is -2.21. The second kappa shape index (κ2) is 11.4. The maximum Gasteiger partial charge on any atom is 0.194 e. The van der Waals surface area contributed by atoms with Gasteiger partial charge in [-0.15, -0.1) is 11.3 Å². The number of nitrogens with zero attached hydrogens (tertiary/aromatic N) is 3. The van der Waals surface area contributed by atoms with Crippen molar-refractivity contribution in [1.82, 2.24) is 15.2 Å². The Labute approximate surface area is 171 Å². The van der Waals surface area contributed by atoms with Crippen LogP contribution in [0.1, 0.15) is 24.0 Å². The molecule has 1 aromatic heterocycles. The SMILES string of the molecule is CCNC(=NCCCOc1cc(OC)cc(OC)c1)N(C)Cc1csc(C)n1. The number of methoxy groups -OCH3 is 2. The summed E-state index contributed by atoms with van der Waals surface area (Å²) in [7, 11) is 5.27. The molecule has 0 amide bonds. The van der Waals surface area contributed by atoms with Crippen LogP contribution in [0, 0.1) is 6.92 Å². The van der Waals surface area contributed by atoms with Gasteiger partial charge in [-0.2, -0.15) is 0 Å². The Kier molecular flexibility index (Phi) is 8.87. The molecule has 1 heterocycles. The van der Waals surface area contributed by atoms with Crippen LogP contribution in [0.25, 0.3) is 0 Å². The quantitative estimate of drug-likeness (QED) is 0.371. The Bertz CT molecular complexity index is 741. The van der Waals surface area contributed by atoms with E-state index in [1.165, 1.54) is 0 Å². The van der Waals surface area contributed by atoms with Crippen LogP contribution in [-0.2, 0) is 6.54 Å². The highest BCUT2D eigenvalue weighted by atomic mass is 32.1. The Morgan fingerprint density at radius 3 is 2.43 bits per heavy atom. The standard InChI is InChI=1S/C20H30N4O3S/c1-6-21-20(24(3)13-16-14-28-15(2)23-16)22-8-7-9-27-19-11-17(25-4)10-18(12-19)26-5/h10-12,14H,6-9,13H2,1-5H3,(H,21,22). The van der Waals surface area contributed by atoms with E-state index in [2.05, 4.69) is 27.5 Å². The van der Waals surface area contributed by atoms with E-state index in [1.54, 1.807) is 25.6 Å². The van der Waals surface area contributed by atoms with Crippen molar-refractivity contribution in [2.45, 2.75) is 26.8 Å². The lowest BCUT2D eigenvalue weighted by Crippen LogP contribution is -2.38. The van der Waals surface area contributed by atoms with Gasteiger partial charge in [0.2, 0.25) is 0 Å². The van der Waals surface area contributed by atoms with Crippen molar-refractivity contribution in [2.24, 2.45) is 4.99 Å². The van der Waals surface area contributed by atoms with Gasteiger partial charge in [0.15, 0.2) is 5.96 Å². The van der Waals surface area contributed by atoms with Crippen LogP contribution in [0.3, 0.4) is 0 Å². The van der Waals surface area contributed by atoms with Crippen LogP contribution in [-0.4, -0.2) is 56.8 Å². The van der Waals surface area contributed by atoms with Gasteiger partial charge in [0.25, 0.3) is 0 Å². The van der Waals surface area contributed by atoms with Gasteiger partial charge >= 0.3 is 0 Å². The van der Waals surface area contributed by atoms with Crippen molar-refractivity contribution >= 4 is 17.3 Å². The molecule has 0 atom stereocenters. The van der Waals surface area contributed by atoms with Crippen LogP contribution in [0.5, 0.6) is 17.2 Å². The fourth-order valence-electron chi connectivity index (χ4n) is 2.57. The second-order valence-corrected chi connectivity index (χ2v) is 7.26. The fraction of sp³-hybridized carbons (Fsp3) is 0.500. The molecule has 0 radical (unpaired) electrons. The first kappa shape index (κ1) is 21.8. The number of benzene rings is 1. The van der Waals surface area contributed by atoms with E-state index in [0.717, 1.165) is 41.9 Å². The average Bonchev–Trinajstić information content (AvgIpc) is 3.10. The summed E-state index contributed by atoms with van der Waals surface area (Å²) in [5.74, 6) is 3.01. The van der Waals surface area contributed by atoms with E-state index in [9.17, 15) is 0 Å². The predicted molar refractivity (Wildman–Crippen MR) is 114 cm³/mol. The molecule has 0 saturated carbocycles. The van der Waals surface area contributed by atoms with Crippen molar-refractivity contribution in [1.29, 1.82) is 0 Å². The number of rotatable bonds is 10. The molecule has 1 N–H and O–H groups in total. The number of hydrogen-bond donors (Lipinski definition) is 1. The number of ether oxygens (including phenoxy) is 3. The molecule has 28 heavy (non-hydrogen) atoms. The molecule has 0 aliphatic heterocycles. The van der Waals surface area contributed by atoms with Crippen LogP contribution in [0.2, 0.25) is 0 Å². The molecule has 0 saturated heterocycles. The minimum absolute atomic E-state index is 0.564. The summed E-state index contributed by atoms with van der Waals surface area (Å²) in [5.41, 5.74) is 1.06. The van der Waals surface area contributed by atoms with E-state index >= 15 is 0 Å². The molecule has 0 aliphatic carbocycles. The summed E-state index contributed by atoms with van der Waals surface area (Å²) in [5, 5.41) is 6.50. The van der Waals surface area contributed by atoms with E-state index in [-0.39, 0.29) is 0 Å². The predicted octanol–water partition coefficient (Wildman–Crippen LogP) is 3.34. The third-order valence-corrected chi connectivity index (χ3v) is 4.74. The summed E-state index contributed by atoms with van der Waals surface area (Å²) in [6, 6.07) is 5.51. The van der Waals surface area contributed by atoms with Crippen molar-refractivity contribution in [3.8, 4) is 17.2 Å². The number of thiazole rings is 1. The first-order chi connectivity index (χ1) is 13.5. The van der Waals surface area contributed by atoms with Crippen molar-refractivity contribution < 1.29 is 14.2 Å². The summed E-state index contributed by atoms with van der Waals surface area (Å²) in [6.07, 6.45) is 0.804. The normalized spacial score (nSPS) is 11.2. The summed E-state index contributed by atoms with van der Waals surface area (Å²) < 4.78 is 16.3. The van der Waals surface area contributed by atoms with Crippen molar-refractivity contribution in [2.75, 3.05) is 41.0 Å². The monoisotopic (exact) mass is 406 g/mol. The second-order valence-electron chi connectivity index (χ2n) is 6.20. The molecule has 0 fully saturated rings. The summed E-state index contributed by atoms with van der Waals surface area (Å²) >= 11 is 1.67. The number of aliphatic imine (C=N–C) groups is 1. The van der Waals surface area contributed by atoms with E-state index < -0.39 is 0 Å². The van der Waals surface area contributed by atoms with E-state index in [1.807, 2.05) is 32.2 Å². The van der Waals surface area contributed by atoms with Gasteiger partial charge in [-0.05, 0) is 13.8 Å². The molecule has 1 aromatic carbocycles. The molecule has 0 spiro atoms. The van der Waals surface area contributed by atoms with Crippen molar-refractivity contribution in [3.05, 3.63) is 34.3 Å². The molecule has 0 aliphatic rings. The number of aryl methyl sites for hydroxylation is 1. The molecular formula is C20H30N4O3S. The zero-order valence-electron chi connectivity index (χ0n) is 17.3. The maximum atomic E-state index is 5.82. The Hall–Kier alpha value is -2.48. The minimum atomic E-state index is 0.564. The van der Waals surface area contributed by atoms with E-state index in [4.69, 9.17) is 19.2 Å². The highest BCUT2D eigenvalue weighted by Gasteiger charge is 2.08. The first-order valence-electron chi connectivity index (χ1n) is 9.32. The number of guanidine groups is 1. The van der Waals surface area contributed by atoms with Gasteiger partial charge in [-0.1, -0.05) is 0 Å². The lowest BCUT2D eigenvalue weighted by molar-refractivity contribution is 0.307. The van der Waals surface area contributed by atoms with Crippen LogP contribution in [0.15, 0.2) is 28.6 Å². The van der Waals surface area contributed by atoms with Crippen LogP contribution >= 0.6 is 11.3 Å². The third-order valence-electron chi connectivity index (χ3n) is 3.92. The molecule has 2 rings (SSSR count). The topological polar surface area (TPSA) is 68.2 Å². The summed E-state index contributed by atoms with van der Waals surface area (Å²) in [4.78, 5) is 11.3. The summed E-state index contributed by atoms with van der Waals surface area (Å²) in [6.45, 7) is 6.87. The number of hydrogen-bond acceptors (Lipinski definition) is 6. The molecule has 2 aromatic rings. The number of aromatic nitrogens is 1. The third kappa shape index (κ3) is 6.92. The molecule has 0 bridgehead atoms. The first-order valence-corrected chi connectivity index (χ1v) is 10.2. The van der Waals surface area contributed by atoms with Crippen LogP contribution < -0.4 is 19.5 Å². The van der Waals surface area contributed by atoms with Gasteiger partial charge in [-0.25, -0.2) is 4.98 Å². The lowest BCUT2D eigenvalue weighted by atomic mass is 10.3. The molecule has 154 valence electrons. The molecule has 8 heteroatoms. The molecular weight excluding hydrogens is 376 g/mol. The Morgan fingerprint density at radius 2 is 1.86 bits per heavy atom. The fourth-order valence-corrected chi connectivity index (χ4v) is 3.18. The number of nitrogens with one attached hydrogen (secondary N) is 1. The Balaban J connectivity index is 1.84. The van der Waals surface area contributed by atoms with Gasteiger partial charge in [0, 0.05) is 50.1 Å². The van der Waals surface area contributed by atoms with Gasteiger partial charge in [0.05, 0.1) is 38.1 Å². The highest BCUT2D eigenvalue weighted by Crippen LogP contribution is 2.27. The van der Waals surface area contributed by atoms with Gasteiger partial charge in [-0.3, -0.25) is 4.99 Å². The van der Waals surface area contributed by atoms with E-state index in [0.29, 0.717) is 24.7 Å². The zero-order chi connectivity index (χ0) is 20.4. The van der Waals surface area contributed by atoms with Crippen molar-refractivity contribution in [3.63, 3.8) is 0 Å². The Morgan fingerprint density at radius 1 is 1.18 bits per heavy atom.